The zero-order chi connectivity index (χ0) is 11.1. The van der Waals surface area contributed by atoms with Crippen molar-refractivity contribution in [1.29, 1.82) is 0 Å². The van der Waals surface area contributed by atoms with Gasteiger partial charge in [0.1, 0.15) is 0 Å². The van der Waals surface area contributed by atoms with Gasteiger partial charge >= 0.3 is 0 Å². The van der Waals surface area contributed by atoms with E-state index in [-0.39, 0.29) is 0 Å². The van der Waals surface area contributed by atoms with Crippen molar-refractivity contribution in [1.82, 2.24) is 5.32 Å². The first kappa shape index (κ1) is 13.0. The highest BCUT2D eigenvalue weighted by atomic mass is 14.9. The average molecular weight is 211 g/mol. The summed E-state index contributed by atoms with van der Waals surface area (Å²) in [7, 11) is 0. The summed E-state index contributed by atoms with van der Waals surface area (Å²) < 4.78 is 0. The third kappa shape index (κ3) is 3.79. The van der Waals surface area contributed by atoms with E-state index in [9.17, 15) is 0 Å². The van der Waals surface area contributed by atoms with E-state index in [2.05, 4.69) is 26.1 Å². The van der Waals surface area contributed by atoms with E-state index in [1.807, 2.05) is 0 Å². The maximum absolute atomic E-state index is 3.80. The van der Waals surface area contributed by atoms with Crippen LogP contribution in [0.5, 0.6) is 0 Å². The lowest BCUT2D eigenvalue weighted by molar-refractivity contribution is 0.118. The van der Waals surface area contributed by atoms with Gasteiger partial charge in [0.15, 0.2) is 0 Å². The Labute approximate surface area is 96.0 Å². The molecule has 1 rings (SSSR count). The molecule has 1 N–H and O–H groups in total. The van der Waals surface area contributed by atoms with E-state index in [1.54, 1.807) is 0 Å². The lowest BCUT2D eigenvalue weighted by atomic mass is 9.67. The fourth-order valence-corrected chi connectivity index (χ4v) is 2.59. The zero-order valence-electron chi connectivity index (χ0n) is 10.9. The topological polar surface area (TPSA) is 12.0 Å². The molecule has 1 nitrogen and oxygen atoms in total. The van der Waals surface area contributed by atoms with Crippen LogP contribution in [0.15, 0.2) is 0 Å². The molecule has 0 heterocycles. The van der Waals surface area contributed by atoms with Crippen LogP contribution in [0, 0.1) is 5.41 Å². The van der Waals surface area contributed by atoms with Gasteiger partial charge in [-0.25, -0.2) is 0 Å². The number of hydrogen-bond donors (Lipinski definition) is 1. The van der Waals surface area contributed by atoms with Crippen molar-refractivity contribution in [3.05, 3.63) is 0 Å². The Kier molecular flexibility index (Phi) is 5.66. The second-order valence-electron chi connectivity index (χ2n) is 5.34. The summed E-state index contributed by atoms with van der Waals surface area (Å²) in [6, 6.07) is 0.772. The molecule has 1 aliphatic carbocycles. The van der Waals surface area contributed by atoms with Gasteiger partial charge in [-0.2, -0.15) is 0 Å². The summed E-state index contributed by atoms with van der Waals surface area (Å²) in [6.07, 6.45) is 11.1. The van der Waals surface area contributed by atoms with Crippen LogP contribution >= 0.6 is 0 Å². The highest BCUT2D eigenvalue weighted by Gasteiger charge is 2.34. The first-order valence-corrected chi connectivity index (χ1v) is 6.99. The van der Waals surface area contributed by atoms with Crippen LogP contribution in [-0.2, 0) is 0 Å². The number of unbranched alkanes of at least 4 members (excludes halogenated alkanes) is 1. The Bertz CT molecular complexity index is 155. The van der Waals surface area contributed by atoms with Gasteiger partial charge < -0.3 is 5.32 Å². The number of hydrogen-bond acceptors (Lipinski definition) is 1. The van der Waals surface area contributed by atoms with E-state index >= 15 is 0 Å². The SMILES string of the molecule is CCCCC(CC)NCC1(CC)CCC1. The van der Waals surface area contributed by atoms with Crippen LogP contribution in [0.2, 0.25) is 0 Å². The first-order valence-electron chi connectivity index (χ1n) is 6.99. The van der Waals surface area contributed by atoms with Crippen LogP contribution in [0.4, 0.5) is 0 Å². The molecular formula is C14H29N. The van der Waals surface area contributed by atoms with Crippen molar-refractivity contribution in [2.45, 2.75) is 78.2 Å². The van der Waals surface area contributed by atoms with Crippen LogP contribution in [0.3, 0.4) is 0 Å². The van der Waals surface area contributed by atoms with Crippen LogP contribution in [0.1, 0.15) is 72.1 Å². The lowest BCUT2D eigenvalue weighted by Crippen LogP contribution is -2.43. The molecule has 90 valence electrons. The van der Waals surface area contributed by atoms with Gasteiger partial charge in [0.2, 0.25) is 0 Å². The Hall–Kier alpha value is -0.0400. The molecule has 1 heteroatoms. The van der Waals surface area contributed by atoms with E-state index in [1.165, 1.54) is 57.9 Å². The Morgan fingerprint density at radius 3 is 2.33 bits per heavy atom. The standard InChI is InChI=1S/C14H29N/c1-4-7-9-13(5-2)15-12-14(6-3)10-8-11-14/h13,15H,4-12H2,1-3H3. The largest absolute Gasteiger partial charge is 0.313 e. The van der Waals surface area contributed by atoms with Gasteiger partial charge in [-0.15, -0.1) is 0 Å². The normalized spacial score (nSPS) is 21.0. The van der Waals surface area contributed by atoms with Crippen molar-refractivity contribution >= 4 is 0 Å². The van der Waals surface area contributed by atoms with Crippen LogP contribution in [-0.4, -0.2) is 12.6 Å². The van der Waals surface area contributed by atoms with Gasteiger partial charge in [0, 0.05) is 12.6 Å². The summed E-state index contributed by atoms with van der Waals surface area (Å²) in [5.74, 6) is 0. The van der Waals surface area contributed by atoms with Crippen molar-refractivity contribution in [3.8, 4) is 0 Å². The van der Waals surface area contributed by atoms with Crippen molar-refractivity contribution in [3.63, 3.8) is 0 Å². The monoisotopic (exact) mass is 211 g/mol. The minimum Gasteiger partial charge on any atom is -0.313 e. The summed E-state index contributed by atoms with van der Waals surface area (Å²) in [4.78, 5) is 0. The number of rotatable bonds is 8. The van der Waals surface area contributed by atoms with Gasteiger partial charge in [-0.1, -0.05) is 40.0 Å². The molecule has 0 aromatic heterocycles. The van der Waals surface area contributed by atoms with Crippen LogP contribution < -0.4 is 5.32 Å². The molecule has 1 fully saturated rings. The van der Waals surface area contributed by atoms with Gasteiger partial charge in [0.25, 0.3) is 0 Å². The van der Waals surface area contributed by atoms with E-state index in [4.69, 9.17) is 0 Å². The van der Waals surface area contributed by atoms with Crippen molar-refractivity contribution in [2.75, 3.05) is 6.54 Å². The Balaban J connectivity index is 2.20. The Morgan fingerprint density at radius 2 is 1.93 bits per heavy atom. The molecule has 0 aliphatic heterocycles. The fourth-order valence-electron chi connectivity index (χ4n) is 2.59. The summed E-state index contributed by atoms with van der Waals surface area (Å²) in [5, 5.41) is 3.80. The summed E-state index contributed by atoms with van der Waals surface area (Å²) in [5.41, 5.74) is 0.680. The first-order chi connectivity index (χ1) is 7.26. The smallest absolute Gasteiger partial charge is 0.00646 e. The molecule has 0 radical (unpaired) electrons. The minimum absolute atomic E-state index is 0.680. The predicted molar refractivity (Wildman–Crippen MR) is 68.2 cm³/mol. The molecule has 0 spiro atoms. The molecule has 0 aromatic rings. The molecule has 1 atom stereocenters. The third-order valence-corrected chi connectivity index (χ3v) is 4.33. The second-order valence-corrected chi connectivity index (χ2v) is 5.34. The number of nitrogens with one attached hydrogen (secondary N) is 1. The molecule has 1 unspecified atom stereocenters. The van der Waals surface area contributed by atoms with E-state index in [0.717, 1.165) is 6.04 Å². The quantitative estimate of drug-likeness (QED) is 0.636. The zero-order valence-corrected chi connectivity index (χ0v) is 10.9. The van der Waals surface area contributed by atoms with Gasteiger partial charge in [-0.05, 0) is 37.5 Å². The molecule has 0 aromatic carbocycles. The van der Waals surface area contributed by atoms with Crippen molar-refractivity contribution < 1.29 is 0 Å². The van der Waals surface area contributed by atoms with Gasteiger partial charge in [-0.3, -0.25) is 0 Å². The molecule has 1 saturated carbocycles. The van der Waals surface area contributed by atoms with Crippen LogP contribution in [0.25, 0.3) is 0 Å². The lowest BCUT2D eigenvalue weighted by Gasteiger charge is -2.42. The Morgan fingerprint density at radius 1 is 1.20 bits per heavy atom. The molecule has 0 saturated heterocycles. The second kappa shape index (κ2) is 6.52. The van der Waals surface area contributed by atoms with E-state index in [0.29, 0.717) is 5.41 Å². The maximum Gasteiger partial charge on any atom is 0.00646 e. The molecule has 0 bridgehead atoms. The molecule has 1 aliphatic rings. The van der Waals surface area contributed by atoms with Crippen molar-refractivity contribution in [2.24, 2.45) is 5.41 Å². The summed E-state index contributed by atoms with van der Waals surface area (Å²) >= 11 is 0. The molecule has 15 heavy (non-hydrogen) atoms. The predicted octanol–water partition coefficient (Wildman–Crippen LogP) is 4.13. The molecular weight excluding hydrogens is 182 g/mol. The third-order valence-electron chi connectivity index (χ3n) is 4.33. The highest BCUT2D eigenvalue weighted by Crippen LogP contribution is 2.43. The average Bonchev–Trinajstić information content (AvgIpc) is 2.21. The maximum atomic E-state index is 3.80. The highest BCUT2D eigenvalue weighted by molar-refractivity contribution is 4.89. The van der Waals surface area contributed by atoms with Gasteiger partial charge in [0.05, 0.1) is 0 Å². The molecule has 0 amide bonds. The van der Waals surface area contributed by atoms with E-state index < -0.39 is 0 Å². The fraction of sp³-hybridized carbons (Fsp3) is 1.00. The minimum atomic E-state index is 0.680. The summed E-state index contributed by atoms with van der Waals surface area (Å²) in [6.45, 7) is 8.22.